The molecule has 0 bridgehead atoms. The van der Waals surface area contributed by atoms with Crippen molar-refractivity contribution in [3.05, 3.63) is 40.3 Å². The van der Waals surface area contributed by atoms with Gasteiger partial charge in [0.25, 0.3) is 0 Å². The molecular formula is C12H16N4O2S. The Kier molecular flexibility index (Phi) is 3.54. The van der Waals surface area contributed by atoms with Crippen molar-refractivity contribution in [3.63, 3.8) is 0 Å². The molecule has 6 nitrogen and oxygen atoms in total. The van der Waals surface area contributed by atoms with Gasteiger partial charge < -0.3 is 0 Å². The van der Waals surface area contributed by atoms with E-state index in [4.69, 9.17) is 5.53 Å². The van der Waals surface area contributed by atoms with Gasteiger partial charge in [-0.05, 0) is 31.0 Å². The van der Waals surface area contributed by atoms with Gasteiger partial charge in [-0.25, -0.2) is 8.42 Å². The molecule has 0 spiro atoms. The first-order valence-corrected chi connectivity index (χ1v) is 7.51. The molecule has 0 radical (unpaired) electrons. The van der Waals surface area contributed by atoms with E-state index in [9.17, 15) is 8.42 Å². The zero-order valence-corrected chi connectivity index (χ0v) is 11.8. The highest BCUT2D eigenvalue weighted by Gasteiger charge is 2.46. The molecule has 1 saturated heterocycles. The molecule has 0 aromatic heterocycles. The Morgan fingerprint density at radius 2 is 1.95 bits per heavy atom. The first kappa shape index (κ1) is 13.9. The van der Waals surface area contributed by atoms with Crippen LogP contribution in [-0.4, -0.2) is 31.4 Å². The quantitative estimate of drug-likeness (QED) is 0.482. The Labute approximate surface area is 112 Å². The molecule has 1 aromatic rings. The molecule has 19 heavy (non-hydrogen) atoms. The molecule has 2 rings (SSSR count). The van der Waals surface area contributed by atoms with Crippen LogP contribution in [0.3, 0.4) is 0 Å². The van der Waals surface area contributed by atoms with Gasteiger partial charge in [0.05, 0.1) is 10.4 Å². The molecule has 1 fully saturated rings. The van der Waals surface area contributed by atoms with Gasteiger partial charge in [-0.2, -0.15) is 4.31 Å². The summed E-state index contributed by atoms with van der Waals surface area (Å²) < 4.78 is 26.0. The maximum Gasteiger partial charge on any atom is 0.243 e. The minimum absolute atomic E-state index is 0.254. The zero-order chi connectivity index (χ0) is 14.1. The normalized spacial score (nSPS) is 18.4. The van der Waals surface area contributed by atoms with E-state index in [-0.39, 0.29) is 18.0 Å². The van der Waals surface area contributed by atoms with Crippen LogP contribution in [-0.2, 0) is 10.0 Å². The molecule has 0 saturated carbocycles. The summed E-state index contributed by atoms with van der Waals surface area (Å²) in [6.07, 6.45) is 0.636. The summed E-state index contributed by atoms with van der Waals surface area (Å²) in [4.78, 5) is 3.09. The summed E-state index contributed by atoms with van der Waals surface area (Å²) in [6.45, 7) is 4.31. The van der Waals surface area contributed by atoms with Crippen LogP contribution < -0.4 is 0 Å². The van der Waals surface area contributed by atoms with E-state index in [1.165, 1.54) is 4.31 Å². The fourth-order valence-electron chi connectivity index (χ4n) is 2.09. The maximum absolute atomic E-state index is 12.3. The van der Waals surface area contributed by atoms with Gasteiger partial charge in [-0.1, -0.05) is 29.7 Å². The summed E-state index contributed by atoms with van der Waals surface area (Å²) in [5, 5.41) is 3.73. The molecule has 1 aliphatic rings. The summed E-state index contributed by atoms with van der Waals surface area (Å²) in [5.74, 6) is 0. The Bertz CT molecular complexity index is 612. The SMILES string of the molecule is CCC1(N=[N+]=[N-])CN(S(=O)(=O)c2ccc(C)cc2)C1. The van der Waals surface area contributed by atoms with Crippen molar-refractivity contribution in [1.82, 2.24) is 4.31 Å². The van der Waals surface area contributed by atoms with Crippen LogP contribution in [0.2, 0.25) is 0 Å². The Hall–Kier alpha value is -1.56. The van der Waals surface area contributed by atoms with Crippen LogP contribution in [0.5, 0.6) is 0 Å². The van der Waals surface area contributed by atoms with Crippen LogP contribution in [0.25, 0.3) is 10.4 Å². The summed E-state index contributed by atoms with van der Waals surface area (Å²) in [6, 6.07) is 6.74. The molecule has 1 aromatic carbocycles. The highest BCUT2D eigenvalue weighted by atomic mass is 32.2. The molecule has 0 amide bonds. The van der Waals surface area contributed by atoms with Crippen molar-refractivity contribution in [2.24, 2.45) is 5.11 Å². The minimum atomic E-state index is -3.47. The second-order valence-electron chi connectivity index (χ2n) is 4.85. The van der Waals surface area contributed by atoms with Gasteiger partial charge >= 0.3 is 0 Å². The van der Waals surface area contributed by atoms with Gasteiger partial charge in [0.1, 0.15) is 0 Å². The van der Waals surface area contributed by atoms with E-state index in [2.05, 4.69) is 10.0 Å². The van der Waals surface area contributed by atoms with Gasteiger partial charge in [0.2, 0.25) is 10.0 Å². The lowest BCUT2D eigenvalue weighted by Gasteiger charge is -2.45. The molecular weight excluding hydrogens is 264 g/mol. The lowest BCUT2D eigenvalue weighted by Crippen LogP contribution is -2.61. The van der Waals surface area contributed by atoms with Crippen molar-refractivity contribution >= 4 is 10.0 Å². The van der Waals surface area contributed by atoms with Crippen molar-refractivity contribution in [1.29, 1.82) is 0 Å². The first-order valence-electron chi connectivity index (χ1n) is 6.07. The second-order valence-corrected chi connectivity index (χ2v) is 6.79. The summed E-state index contributed by atoms with van der Waals surface area (Å²) in [7, 11) is -3.47. The highest BCUT2D eigenvalue weighted by Crippen LogP contribution is 2.33. The number of nitrogens with zero attached hydrogens (tertiary/aromatic N) is 4. The Morgan fingerprint density at radius 3 is 2.42 bits per heavy atom. The standard InChI is InChI=1S/C12H16N4O2S/c1-3-12(14-15-13)8-16(9-12)19(17,18)11-6-4-10(2)5-7-11/h4-7H,3,8-9H2,1-2H3. The molecule has 1 aliphatic heterocycles. The largest absolute Gasteiger partial charge is 0.243 e. The van der Waals surface area contributed by atoms with Crippen LogP contribution in [0.4, 0.5) is 0 Å². The third-order valence-corrected chi connectivity index (χ3v) is 5.32. The van der Waals surface area contributed by atoms with Crippen LogP contribution in [0, 0.1) is 6.92 Å². The van der Waals surface area contributed by atoms with E-state index in [1.54, 1.807) is 24.3 Å². The van der Waals surface area contributed by atoms with Crippen molar-refractivity contribution in [3.8, 4) is 0 Å². The van der Waals surface area contributed by atoms with Crippen molar-refractivity contribution in [2.45, 2.75) is 30.7 Å². The van der Waals surface area contributed by atoms with Crippen molar-refractivity contribution in [2.75, 3.05) is 13.1 Å². The fourth-order valence-corrected chi connectivity index (χ4v) is 3.69. The first-order chi connectivity index (χ1) is 8.93. The molecule has 0 unspecified atom stereocenters. The monoisotopic (exact) mass is 280 g/mol. The average Bonchev–Trinajstić information content (AvgIpc) is 2.33. The van der Waals surface area contributed by atoms with E-state index >= 15 is 0 Å². The molecule has 0 N–H and O–H groups in total. The second kappa shape index (κ2) is 4.85. The van der Waals surface area contributed by atoms with E-state index in [1.807, 2.05) is 13.8 Å². The summed E-state index contributed by atoms with van der Waals surface area (Å²) in [5.41, 5.74) is 8.96. The molecule has 1 heterocycles. The lowest BCUT2D eigenvalue weighted by atomic mass is 9.91. The number of aryl methyl sites for hydroxylation is 1. The van der Waals surface area contributed by atoms with Crippen molar-refractivity contribution < 1.29 is 8.42 Å². The van der Waals surface area contributed by atoms with E-state index < -0.39 is 15.6 Å². The van der Waals surface area contributed by atoms with Gasteiger partial charge in [-0.15, -0.1) is 0 Å². The fraction of sp³-hybridized carbons (Fsp3) is 0.500. The van der Waals surface area contributed by atoms with Crippen LogP contribution in [0.15, 0.2) is 34.3 Å². The average molecular weight is 280 g/mol. The Morgan fingerprint density at radius 1 is 1.37 bits per heavy atom. The third-order valence-electron chi connectivity index (χ3n) is 3.52. The number of benzene rings is 1. The third kappa shape index (κ3) is 2.45. The number of rotatable bonds is 4. The zero-order valence-electron chi connectivity index (χ0n) is 10.9. The smallest absolute Gasteiger partial charge is 0.207 e. The number of sulfonamides is 1. The summed E-state index contributed by atoms with van der Waals surface area (Å²) >= 11 is 0. The number of azide groups is 1. The van der Waals surface area contributed by atoms with E-state index in [0.29, 0.717) is 6.42 Å². The molecule has 102 valence electrons. The predicted octanol–water partition coefficient (Wildman–Crippen LogP) is 2.46. The minimum Gasteiger partial charge on any atom is -0.207 e. The lowest BCUT2D eigenvalue weighted by molar-refractivity contribution is 0.153. The highest BCUT2D eigenvalue weighted by molar-refractivity contribution is 7.89. The topological polar surface area (TPSA) is 86.1 Å². The van der Waals surface area contributed by atoms with E-state index in [0.717, 1.165) is 5.56 Å². The molecule has 0 atom stereocenters. The molecule has 7 heteroatoms. The van der Waals surface area contributed by atoms with Gasteiger partial charge in [0, 0.05) is 18.0 Å². The molecule has 0 aliphatic carbocycles. The number of hydrogen-bond acceptors (Lipinski definition) is 3. The predicted molar refractivity (Wildman–Crippen MR) is 72.1 cm³/mol. The van der Waals surface area contributed by atoms with Gasteiger partial charge in [-0.3, -0.25) is 0 Å². The maximum atomic E-state index is 12.3. The number of hydrogen-bond donors (Lipinski definition) is 0. The van der Waals surface area contributed by atoms with Crippen LogP contribution in [0.1, 0.15) is 18.9 Å². The van der Waals surface area contributed by atoms with Crippen LogP contribution >= 0.6 is 0 Å². The van der Waals surface area contributed by atoms with Gasteiger partial charge in [0.15, 0.2) is 0 Å². The Balaban J connectivity index is 2.20.